The van der Waals surface area contributed by atoms with Crippen LogP contribution in [0.5, 0.6) is 0 Å². The molecule has 3 rings (SSSR count). The third kappa shape index (κ3) is 1.85. The fourth-order valence-electron chi connectivity index (χ4n) is 2.10. The third-order valence-corrected chi connectivity index (χ3v) is 3.09. The highest BCUT2D eigenvalue weighted by Gasteiger charge is 2.11. The van der Waals surface area contributed by atoms with Crippen LogP contribution >= 0.6 is 0 Å². The van der Waals surface area contributed by atoms with E-state index in [0.29, 0.717) is 5.56 Å². The van der Waals surface area contributed by atoms with E-state index in [1.807, 2.05) is 23.7 Å². The molecule has 0 radical (unpaired) electrons. The van der Waals surface area contributed by atoms with E-state index in [0.717, 1.165) is 22.4 Å². The van der Waals surface area contributed by atoms with Gasteiger partial charge in [-0.05, 0) is 30.3 Å². The van der Waals surface area contributed by atoms with Gasteiger partial charge in [-0.25, -0.2) is 4.98 Å². The van der Waals surface area contributed by atoms with Crippen molar-refractivity contribution in [2.24, 2.45) is 12.8 Å². The van der Waals surface area contributed by atoms with Gasteiger partial charge in [0.25, 0.3) is 0 Å². The predicted octanol–water partition coefficient (Wildman–Crippen LogP) is 1.73. The van der Waals surface area contributed by atoms with Gasteiger partial charge in [0.15, 0.2) is 0 Å². The first-order valence-electron chi connectivity index (χ1n) is 5.83. The largest absolute Gasteiger partial charge is 0.366 e. The van der Waals surface area contributed by atoms with Crippen LogP contribution in [0.1, 0.15) is 10.4 Å². The van der Waals surface area contributed by atoms with Gasteiger partial charge in [-0.2, -0.15) is 0 Å². The molecule has 0 aliphatic carbocycles. The normalized spacial score (nSPS) is 10.8. The van der Waals surface area contributed by atoms with Gasteiger partial charge in [0, 0.05) is 30.6 Å². The Labute approximate surface area is 109 Å². The first-order valence-corrected chi connectivity index (χ1v) is 5.83. The van der Waals surface area contributed by atoms with Crippen molar-refractivity contribution in [1.29, 1.82) is 0 Å². The minimum absolute atomic E-state index is 0.439. The standard InChI is InChI=1S/C14H12N4O/c1-18-12-7-9(13(15)19)4-5-11(12)17-14(18)10-3-2-6-16-8-10/h2-8H,1H3,(H2,15,19). The average molecular weight is 252 g/mol. The lowest BCUT2D eigenvalue weighted by Crippen LogP contribution is -2.10. The lowest BCUT2D eigenvalue weighted by Gasteiger charge is -2.02. The van der Waals surface area contributed by atoms with Crippen LogP contribution in [0.25, 0.3) is 22.4 Å². The van der Waals surface area contributed by atoms with Crippen LogP contribution in [0.3, 0.4) is 0 Å². The van der Waals surface area contributed by atoms with Crippen molar-refractivity contribution in [3.05, 3.63) is 48.3 Å². The zero-order chi connectivity index (χ0) is 13.4. The summed E-state index contributed by atoms with van der Waals surface area (Å²) in [7, 11) is 1.91. The maximum absolute atomic E-state index is 11.2. The molecule has 0 aliphatic heterocycles. The second kappa shape index (κ2) is 4.20. The number of rotatable bonds is 2. The molecule has 1 amide bonds. The number of aryl methyl sites for hydroxylation is 1. The van der Waals surface area contributed by atoms with Gasteiger partial charge in [0.1, 0.15) is 5.82 Å². The summed E-state index contributed by atoms with van der Waals surface area (Å²) in [4.78, 5) is 19.9. The van der Waals surface area contributed by atoms with Crippen molar-refractivity contribution < 1.29 is 4.79 Å². The Morgan fingerprint density at radius 2 is 2.16 bits per heavy atom. The van der Waals surface area contributed by atoms with Crippen molar-refractivity contribution in [3.8, 4) is 11.4 Å². The van der Waals surface area contributed by atoms with Gasteiger partial charge in [-0.15, -0.1) is 0 Å². The molecule has 94 valence electrons. The lowest BCUT2D eigenvalue weighted by atomic mass is 10.2. The summed E-state index contributed by atoms with van der Waals surface area (Å²) < 4.78 is 1.93. The number of pyridine rings is 1. The Kier molecular flexibility index (Phi) is 2.52. The number of fused-ring (bicyclic) bond motifs is 1. The summed E-state index contributed by atoms with van der Waals surface area (Å²) in [6, 6.07) is 9.05. The second-order valence-electron chi connectivity index (χ2n) is 4.30. The number of nitrogens with two attached hydrogens (primary N) is 1. The van der Waals surface area contributed by atoms with E-state index in [9.17, 15) is 4.79 Å². The van der Waals surface area contributed by atoms with E-state index in [1.165, 1.54) is 0 Å². The summed E-state index contributed by atoms with van der Waals surface area (Å²) in [5, 5.41) is 0. The van der Waals surface area contributed by atoms with E-state index in [2.05, 4.69) is 9.97 Å². The zero-order valence-corrected chi connectivity index (χ0v) is 10.4. The number of imidazole rings is 1. The van der Waals surface area contributed by atoms with Gasteiger partial charge in [0.2, 0.25) is 5.91 Å². The number of carbonyl (C=O) groups is 1. The molecule has 2 N–H and O–H groups in total. The summed E-state index contributed by atoms with van der Waals surface area (Å²) in [5.41, 5.74) is 8.40. The van der Waals surface area contributed by atoms with Crippen LogP contribution < -0.4 is 5.73 Å². The van der Waals surface area contributed by atoms with Crippen LogP contribution in [-0.4, -0.2) is 20.4 Å². The fourth-order valence-corrected chi connectivity index (χ4v) is 2.10. The Morgan fingerprint density at radius 1 is 1.32 bits per heavy atom. The first kappa shape index (κ1) is 11.4. The Balaban J connectivity index is 2.24. The SMILES string of the molecule is Cn1c(-c2cccnc2)nc2ccc(C(N)=O)cc21. The molecule has 0 unspecified atom stereocenters. The third-order valence-electron chi connectivity index (χ3n) is 3.09. The monoisotopic (exact) mass is 252 g/mol. The molecular weight excluding hydrogens is 240 g/mol. The Hall–Kier alpha value is -2.69. The van der Waals surface area contributed by atoms with Gasteiger partial charge in [-0.3, -0.25) is 9.78 Å². The van der Waals surface area contributed by atoms with E-state index >= 15 is 0 Å². The molecule has 0 fully saturated rings. The molecule has 19 heavy (non-hydrogen) atoms. The Morgan fingerprint density at radius 3 is 2.84 bits per heavy atom. The zero-order valence-electron chi connectivity index (χ0n) is 10.4. The highest BCUT2D eigenvalue weighted by molar-refractivity contribution is 5.96. The van der Waals surface area contributed by atoms with E-state index in [-0.39, 0.29) is 0 Å². The fraction of sp³-hybridized carbons (Fsp3) is 0.0714. The number of aromatic nitrogens is 3. The predicted molar refractivity (Wildman–Crippen MR) is 72.5 cm³/mol. The molecule has 3 aromatic rings. The van der Waals surface area contributed by atoms with Crippen molar-refractivity contribution in [2.45, 2.75) is 0 Å². The number of primary amides is 1. The number of benzene rings is 1. The molecule has 0 aliphatic rings. The maximum atomic E-state index is 11.2. The number of amides is 1. The van der Waals surface area contributed by atoms with Crippen LogP contribution in [0.4, 0.5) is 0 Å². The molecule has 0 bridgehead atoms. The molecule has 2 heterocycles. The number of hydrogen-bond donors (Lipinski definition) is 1. The number of hydrogen-bond acceptors (Lipinski definition) is 3. The second-order valence-corrected chi connectivity index (χ2v) is 4.30. The van der Waals surface area contributed by atoms with Crippen molar-refractivity contribution in [1.82, 2.24) is 14.5 Å². The molecule has 0 saturated carbocycles. The van der Waals surface area contributed by atoms with Crippen molar-refractivity contribution in [2.75, 3.05) is 0 Å². The van der Waals surface area contributed by atoms with E-state index in [4.69, 9.17) is 5.73 Å². The van der Waals surface area contributed by atoms with Crippen LogP contribution in [0, 0.1) is 0 Å². The number of carbonyl (C=O) groups excluding carboxylic acids is 1. The Bertz CT molecular complexity index is 762. The van der Waals surface area contributed by atoms with E-state index in [1.54, 1.807) is 30.6 Å². The molecule has 5 heteroatoms. The number of nitrogens with zero attached hydrogens (tertiary/aromatic N) is 3. The molecule has 0 atom stereocenters. The quantitative estimate of drug-likeness (QED) is 0.754. The van der Waals surface area contributed by atoms with Crippen LogP contribution in [0.2, 0.25) is 0 Å². The molecule has 0 saturated heterocycles. The summed E-state index contributed by atoms with van der Waals surface area (Å²) in [6.07, 6.45) is 3.48. The van der Waals surface area contributed by atoms with Crippen molar-refractivity contribution >= 4 is 16.9 Å². The average Bonchev–Trinajstić information content (AvgIpc) is 2.77. The van der Waals surface area contributed by atoms with Gasteiger partial charge in [-0.1, -0.05) is 0 Å². The summed E-state index contributed by atoms with van der Waals surface area (Å²) >= 11 is 0. The topological polar surface area (TPSA) is 73.8 Å². The molecule has 5 nitrogen and oxygen atoms in total. The van der Waals surface area contributed by atoms with E-state index < -0.39 is 5.91 Å². The molecular formula is C14H12N4O. The summed E-state index contributed by atoms with van der Waals surface area (Å²) in [6.45, 7) is 0. The van der Waals surface area contributed by atoms with Gasteiger partial charge in [0.05, 0.1) is 11.0 Å². The minimum Gasteiger partial charge on any atom is -0.366 e. The molecule has 0 spiro atoms. The van der Waals surface area contributed by atoms with Crippen molar-refractivity contribution in [3.63, 3.8) is 0 Å². The lowest BCUT2D eigenvalue weighted by molar-refractivity contribution is 0.100. The molecule has 1 aromatic carbocycles. The van der Waals surface area contributed by atoms with Crippen LogP contribution in [0.15, 0.2) is 42.7 Å². The van der Waals surface area contributed by atoms with Gasteiger partial charge < -0.3 is 10.3 Å². The maximum Gasteiger partial charge on any atom is 0.248 e. The minimum atomic E-state index is -0.439. The summed E-state index contributed by atoms with van der Waals surface area (Å²) in [5.74, 6) is 0.371. The first-order chi connectivity index (χ1) is 9.16. The van der Waals surface area contributed by atoms with Crippen LogP contribution in [-0.2, 0) is 7.05 Å². The smallest absolute Gasteiger partial charge is 0.248 e. The highest BCUT2D eigenvalue weighted by atomic mass is 16.1. The van der Waals surface area contributed by atoms with Gasteiger partial charge >= 0.3 is 0 Å². The highest BCUT2D eigenvalue weighted by Crippen LogP contribution is 2.23. The molecule has 2 aromatic heterocycles.